The first-order valence-corrected chi connectivity index (χ1v) is 9.63. The zero-order chi connectivity index (χ0) is 19.3. The first kappa shape index (κ1) is 18.0. The maximum Gasteiger partial charge on any atom is 0.287 e. The summed E-state index contributed by atoms with van der Waals surface area (Å²) in [5.74, 6) is 0.393. The highest BCUT2D eigenvalue weighted by molar-refractivity contribution is 7.09. The molecule has 0 unspecified atom stereocenters. The van der Waals surface area contributed by atoms with Gasteiger partial charge in [-0.3, -0.25) is 9.59 Å². The number of para-hydroxylation sites is 2. The third-order valence-corrected chi connectivity index (χ3v) is 5.10. The van der Waals surface area contributed by atoms with Crippen molar-refractivity contribution in [3.05, 3.63) is 76.6 Å². The molecule has 142 valence electrons. The monoisotopic (exact) mass is 394 g/mol. The SMILES string of the molecule is O=C(Cn1c(CNC(=O)c2ccco2)nc2ccccc21)NCc1cccs1. The van der Waals surface area contributed by atoms with Crippen LogP contribution in [-0.2, 0) is 24.4 Å². The van der Waals surface area contributed by atoms with Crippen LogP contribution in [0.1, 0.15) is 21.3 Å². The molecular formula is C20H18N4O3S. The van der Waals surface area contributed by atoms with E-state index in [1.807, 2.05) is 46.3 Å². The Morgan fingerprint density at radius 2 is 1.93 bits per heavy atom. The van der Waals surface area contributed by atoms with E-state index < -0.39 is 0 Å². The fraction of sp³-hybridized carbons (Fsp3) is 0.150. The fourth-order valence-corrected chi connectivity index (χ4v) is 3.53. The van der Waals surface area contributed by atoms with Crippen molar-refractivity contribution in [1.82, 2.24) is 20.2 Å². The second-order valence-corrected chi connectivity index (χ2v) is 7.15. The van der Waals surface area contributed by atoms with E-state index in [1.165, 1.54) is 6.26 Å². The van der Waals surface area contributed by atoms with Crippen molar-refractivity contribution in [3.63, 3.8) is 0 Å². The van der Waals surface area contributed by atoms with Gasteiger partial charge in [0.15, 0.2) is 5.76 Å². The van der Waals surface area contributed by atoms with Crippen molar-refractivity contribution < 1.29 is 14.0 Å². The molecule has 0 saturated heterocycles. The van der Waals surface area contributed by atoms with Crippen molar-refractivity contribution in [1.29, 1.82) is 0 Å². The number of imidazole rings is 1. The number of thiophene rings is 1. The molecule has 0 aliphatic rings. The number of carbonyl (C=O) groups is 2. The average molecular weight is 394 g/mol. The van der Waals surface area contributed by atoms with Gasteiger partial charge in [-0.15, -0.1) is 11.3 Å². The van der Waals surface area contributed by atoms with Gasteiger partial charge in [0, 0.05) is 4.88 Å². The van der Waals surface area contributed by atoms with Crippen LogP contribution in [0.5, 0.6) is 0 Å². The van der Waals surface area contributed by atoms with Gasteiger partial charge in [0.05, 0.1) is 30.4 Å². The van der Waals surface area contributed by atoms with Gasteiger partial charge >= 0.3 is 0 Å². The lowest BCUT2D eigenvalue weighted by Crippen LogP contribution is -2.29. The van der Waals surface area contributed by atoms with Gasteiger partial charge < -0.3 is 19.6 Å². The molecule has 28 heavy (non-hydrogen) atoms. The Hall–Kier alpha value is -3.39. The van der Waals surface area contributed by atoms with Gasteiger partial charge in [-0.1, -0.05) is 18.2 Å². The van der Waals surface area contributed by atoms with Gasteiger partial charge in [-0.05, 0) is 35.7 Å². The molecule has 2 N–H and O–H groups in total. The molecule has 0 radical (unpaired) electrons. The van der Waals surface area contributed by atoms with Crippen molar-refractivity contribution >= 4 is 34.2 Å². The maximum absolute atomic E-state index is 12.5. The molecule has 0 spiro atoms. The van der Waals surface area contributed by atoms with Crippen LogP contribution in [0.25, 0.3) is 11.0 Å². The van der Waals surface area contributed by atoms with Crippen molar-refractivity contribution in [3.8, 4) is 0 Å². The number of hydrogen-bond acceptors (Lipinski definition) is 5. The van der Waals surface area contributed by atoms with E-state index in [-0.39, 0.29) is 30.7 Å². The van der Waals surface area contributed by atoms with Crippen LogP contribution in [0.15, 0.2) is 64.6 Å². The predicted molar refractivity (Wildman–Crippen MR) is 106 cm³/mol. The van der Waals surface area contributed by atoms with Crippen LogP contribution in [0.2, 0.25) is 0 Å². The number of fused-ring (bicyclic) bond motifs is 1. The second-order valence-electron chi connectivity index (χ2n) is 6.12. The minimum absolute atomic E-state index is 0.116. The van der Waals surface area contributed by atoms with Gasteiger partial charge in [0.2, 0.25) is 5.91 Å². The number of nitrogens with one attached hydrogen (secondary N) is 2. The minimum Gasteiger partial charge on any atom is -0.459 e. The smallest absolute Gasteiger partial charge is 0.287 e. The Labute approximate surface area is 165 Å². The molecule has 2 amide bonds. The molecule has 0 bridgehead atoms. The van der Waals surface area contributed by atoms with Crippen LogP contribution in [0.4, 0.5) is 0 Å². The molecule has 1 aromatic carbocycles. The molecule has 0 saturated carbocycles. The molecule has 0 aliphatic carbocycles. The standard InChI is InChI=1S/C20H18N4O3S/c25-19(21-11-14-5-4-10-28-14)13-24-16-7-2-1-6-15(16)23-18(24)12-22-20(26)17-8-3-9-27-17/h1-10H,11-13H2,(H,21,25)(H,22,26). The topological polar surface area (TPSA) is 89.2 Å². The molecule has 0 fully saturated rings. The summed E-state index contributed by atoms with van der Waals surface area (Å²) in [6.45, 7) is 0.804. The van der Waals surface area contributed by atoms with E-state index in [1.54, 1.807) is 23.5 Å². The third-order valence-electron chi connectivity index (χ3n) is 4.23. The van der Waals surface area contributed by atoms with Crippen LogP contribution in [-0.4, -0.2) is 21.4 Å². The first-order valence-electron chi connectivity index (χ1n) is 8.75. The number of furan rings is 1. The van der Waals surface area contributed by atoms with Crippen LogP contribution >= 0.6 is 11.3 Å². The molecule has 7 nitrogen and oxygen atoms in total. The van der Waals surface area contributed by atoms with E-state index >= 15 is 0 Å². The van der Waals surface area contributed by atoms with Crippen LogP contribution in [0, 0.1) is 0 Å². The summed E-state index contributed by atoms with van der Waals surface area (Å²) in [6.07, 6.45) is 1.45. The maximum atomic E-state index is 12.5. The molecule has 0 atom stereocenters. The lowest BCUT2D eigenvalue weighted by molar-refractivity contribution is -0.121. The molecule has 0 aliphatic heterocycles. The highest BCUT2D eigenvalue weighted by atomic mass is 32.1. The number of hydrogen-bond donors (Lipinski definition) is 2. The Morgan fingerprint density at radius 3 is 2.71 bits per heavy atom. The predicted octanol–water partition coefficient (Wildman–Crippen LogP) is 2.94. The summed E-state index contributed by atoms with van der Waals surface area (Å²) < 4.78 is 6.92. The Balaban J connectivity index is 1.49. The van der Waals surface area contributed by atoms with E-state index in [2.05, 4.69) is 15.6 Å². The largest absolute Gasteiger partial charge is 0.459 e. The lowest BCUT2D eigenvalue weighted by Gasteiger charge is -2.10. The zero-order valence-corrected chi connectivity index (χ0v) is 15.7. The normalized spacial score (nSPS) is 10.9. The first-order chi connectivity index (χ1) is 13.7. The molecular weight excluding hydrogens is 376 g/mol. The summed E-state index contributed by atoms with van der Waals surface area (Å²) >= 11 is 1.60. The number of carbonyl (C=O) groups excluding carboxylic acids is 2. The number of nitrogens with zero attached hydrogens (tertiary/aromatic N) is 2. The number of amides is 2. The number of benzene rings is 1. The Morgan fingerprint density at radius 1 is 1.04 bits per heavy atom. The van der Waals surface area contributed by atoms with Gasteiger partial charge in [-0.2, -0.15) is 0 Å². The summed E-state index contributed by atoms with van der Waals surface area (Å²) in [5.41, 5.74) is 1.62. The summed E-state index contributed by atoms with van der Waals surface area (Å²) in [5, 5.41) is 7.68. The Bertz CT molecular complexity index is 1080. The van der Waals surface area contributed by atoms with Gasteiger partial charge in [0.1, 0.15) is 12.4 Å². The van der Waals surface area contributed by atoms with Gasteiger partial charge in [0.25, 0.3) is 5.91 Å². The lowest BCUT2D eigenvalue weighted by atomic mass is 10.3. The zero-order valence-electron chi connectivity index (χ0n) is 14.9. The molecule has 4 aromatic rings. The quantitative estimate of drug-likeness (QED) is 0.504. The highest BCUT2D eigenvalue weighted by Gasteiger charge is 2.15. The van der Waals surface area contributed by atoms with Crippen molar-refractivity contribution in [2.75, 3.05) is 0 Å². The van der Waals surface area contributed by atoms with E-state index in [0.717, 1.165) is 15.9 Å². The van der Waals surface area contributed by atoms with Crippen molar-refractivity contribution in [2.45, 2.75) is 19.6 Å². The molecule has 8 heteroatoms. The van der Waals surface area contributed by atoms with Crippen molar-refractivity contribution in [2.24, 2.45) is 0 Å². The van der Waals surface area contributed by atoms with E-state index in [9.17, 15) is 9.59 Å². The molecule has 3 aromatic heterocycles. The fourth-order valence-electron chi connectivity index (χ4n) is 2.89. The Kier molecular flexibility index (Phi) is 5.20. The molecule has 4 rings (SSSR count). The summed E-state index contributed by atoms with van der Waals surface area (Å²) in [4.78, 5) is 30.3. The van der Waals surface area contributed by atoms with Crippen LogP contribution < -0.4 is 10.6 Å². The number of rotatable bonds is 7. The highest BCUT2D eigenvalue weighted by Crippen LogP contribution is 2.16. The van der Waals surface area contributed by atoms with E-state index in [0.29, 0.717) is 12.4 Å². The van der Waals surface area contributed by atoms with E-state index in [4.69, 9.17) is 4.42 Å². The number of aromatic nitrogens is 2. The molecule has 3 heterocycles. The summed E-state index contributed by atoms with van der Waals surface area (Å²) in [7, 11) is 0. The minimum atomic E-state index is -0.328. The third kappa shape index (κ3) is 3.96. The van der Waals surface area contributed by atoms with Gasteiger partial charge in [-0.25, -0.2) is 4.98 Å². The average Bonchev–Trinajstić information content (AvgIpc) is 3.46. The second kappa shape index (κ2) is 8.10. The van der Waals surface area contributed by atoms with Crippen LogP contribution in [0.3, 0.4) is 0 Å². The summed E-state index contributed by atoms with van der Waals surface area (Å²) in [6, 6.07) is 14.8.